The molecule has 1 aromatic carbocycles. The zero-order chi connectivity index (χ0) is 13.9. The molecule has 0 N–H and O–H groups in total. The van der Waals surface area contributed by atoms with Crippen molar-refractivity contribution in [2.45, 2.75) is 20.0 Å². The summed E-state index contributed by atoms with van der Waals surface area (Å²) in [6.07, 6.45) is -4.31. The van der Waals surface area contributed by atoms with Gasteiger partial charge in [-0.25, -0.2) is 0 Å². The minimum atomic E-state index is -4.67. The summed E-state index contributed by atoms with van der Waals surface area (Å²) in [6.45, 7) is 2.72. The van der Waals surface area contributed by atoms with Crippen LogP contribution in [0.25, 0.3) is 0 Å². The molecule has 98 valence electrons. The molecule has 0 amide bonds. The molecule has 0 bridgehead atoms. The lowest BCUT2D eigenvalue weighted by atomic mass is 10.00. The summed E-state index contributed by atoms with van der Waals surface area (Å²) in [5.41, 5.74) is -1.70. The maximum absolute atomic E-state index is 12.8. The lowest BCUT2D eigenvalue weighted by Crippen LogP contribution is -2.13. The molecule has 0 aliphatic carbocycles. The van der Waals surface area contributed by atoms with Crippen LogP contribution in [0.15, 0.2) is 12.1 Å². The van der Waals surface area contributed by atoms with Crippen LogP contribution in [0.2, 0.25) is 0 Å². The normalized spacial score (nSPS) is 11.2. The van der Waals surface area contributed by atoms with Gasteiger partial charge in [0.1, 0.15) is 5.75 Å². The van der Waals surface area contributed by atoms with Gasteiger partial charge in [0.15, 0.2) is 12.1 Å². The summed E-state index contributed by atoms with van der Waals surface area (Å²) in [4.78, 5) is 22.0. The van der Waals surface area contributed by atoms with E-state index < -0.39 is 23.1 Å². The second-order valence-electron chi connectivity index (χ2n) is 3.54. The van der Waals surface area contributed by atoms with Gasteiger partial charge in [0, 0.05) is 5.56 Å². The fourth-order valence-corrected chi connectivity index (χ4v) is 1.49. The zero-order valence-electron chi connectivity index (χ0n) is 9.80. The van der Waals surface area contributed by atoms with Crippen LogP contribution in [0.1, 0.15) is 40.1 Å². The number of halogens is 3. The first-order valence-corrected chi connectivity index (χ1v) is 5.15. The van der Waals surface area contributed by atoms with Gasteiger partial charge in [0.25, 0.3) is 0 Å². The Hall–Kier alpha value is -1.85. The predicted molar refractivity (Wildman–Crippen MR) is 58.0 cm³/mol. The van der Waals surface area contributed by atoms with Gasteiger partial charge in [-0.1, -0.05) is 0 Å². The largest absolute Gasteiger partial charge is 0.493 e. The Labute approximate surface area is 102 Å². The van der Waals surface area contributed by atoms with Crippen molar-refractivity contribution in [3.63, 3.8) is 0 Å². The monoisotopic (exact) mass is 260 g/mol. The van der Waals surface area contributed by atoms with E-state index in [1.807, 2.05) is 0 Å². The number of hydrogen-bond acceptors (Lipinski definition) is 3. The number of carbonyl (C=O) groups excluding carboxylic acids is 2. The Morgan fingerprint density at radius 2 is 2.00 bits per heavy atom. The standard InChI is InChI=1S/C12H11F3O3/c1-3-18-11-5-10(12(13,14)15)9(7(2)17)4-8(11)6-16/h4-6H,3H2,1-2H3. The van der Waals surface area contributed by atoms with Crippen LogP contribution in [0.4, 0.5) is 13.2 Å². The van der Waals surface area contributed by atoms with E-state index in [9.17, 15) is 22.8 Å². The van der Waals surface area contributed by atoms with E-state index in [1.54, 1.807) is 6.92 Å². The highest BCUT2D eigenvalue weighted by Gasteiger charge is 2.35. The topological polar surface area (TPSA) is 43.4 Å². The van der Waals surface area contributed by atoms with Crippen molar-refractivity contribution in [1.29, 1.82) is 0 Å². The Morgan fingerprint density at radius 3 is 2.39 bits per heavy atom. The van der Waals surface area contributed by atoms with E-state index in [1.165, 1.54) is 0 Å². The number of rotatable bonds is 4. The zero-order valence-corrected chi connectivity index (χ0v) is 9.80. The van der Waals surface area contributed by atoms with Gasteiger partial charge in [-0.15, -0.1) is 0 Å². The van der Waals surface area contributed by atoms with Crippen LogP contribution in [0, 0.1) is 0 Å². The molecular formula is C12H11F3O3. The van der Waals surface area contributed by atoms with Gasteiger partial charge >= 0.3 is 6.18 Å². The molecule has 0 saturated carbocycles. The quantitative estimate of drug-likeness (QED) is 0.617. The van der Waals surface area contributed by atoms with Crippen molar-refractivity contribution in [2.24, 2.45) is 0 Å². The summed E-state index contributed by atoms with van der Waals surface area (Å²) in [6, 6.07) is 1.59. The van der Waals surface area contributed by atoms with Crippen molar-refractivity contribution >= 4 is 12.1 Å². The molecule has 1 aromatic rings. The van der Waals surface area contributed by atoms with E-state index in [0.29, 0.717) is 12.4 Å². The number of ether oxygens (including phenoxy) is 1. The molecule has 0 atom stereocenters. The summed E-state index contributed by atoms with van der Waals surface area (Å²) in [5, 5.41) is 0. The van der Waals surface area contributed by atoms with Crippen molar-refractivity contribution in [3.05, 3.63) is 28.8 Å². The molecule has 0 fully saturated rings. The number of Topliss-reactive ketones (excluding diaryl/α,β-unsaturated/α-hetero) is 1. The molecule has 0 radical (unpaired) electrons. The van der Waals surface area contributed by atoms with E-state index in [0.717, 1.165) is 13.0 Å². The smallest absolute Gasteiger partial charge is 0.417 e. The molecule has 3 nitrogen and oxygen atoms in total. The third-order valence-electron chi connectivity index (χ3n) is 2.26. The highest BCUT2D eigenvalue weighted by molar-refractivity contribution is 5.98. The third kappa shape index (κ3) is 2.88. The molecule has 18 heavy (non-hydrogen) atoms. The fraction of sp³-hybridized carbons (Fsp3) is 0.333. The summed E-state index contributed by atoms with van der Waals surface area (Å²) in [7, 11) is 0. The number of hydrogen-bond donors (Lipinski definition) is 0. The number of aldehydes is 1. The van der Waals surface area contributed by atoms with Gasteiger partial charge in [-0.3, -0.25) is 9.59 Å². The maximum Gasteiger partial charge on any atom is 0.417 e. The van der Waals surface area contributed by atoms with Crippen LogP contribution in [-0.2, 0) is 6.18 Å². The maximum atomic E-state index is 12.8. The van der Waals surface area contributed by atoms with E-state index in [2.05, 4.69) is 0 Å². The number of carbonyl (C=O) groups is 2. The average Bonchev–Trinajstić information content (AvgIpc) is 2.27. The fourth-order valence-electron chi connectivity index (χ4n) is 1.49. The van der Waals surface area contributed by atoms with Crippen LogP contribution in [0.5, 0.6) is 5.75 Å². The summed E-state index contributed by atoms with van der Waals surface area (Å²) >= 11 is 0. The number of benzene rings is 1. The first-order valence-electron chi connectivity index (χ1n) is 5.15. The summed E-state index contributed by atoms with van der Waals surface area (Å²) < 4.78 is 43.3. The first-order chi connectivity index (χ1) is 8.31. The molecule has 0 aliphatic heterocycles. The van der Waals surface area contributed by atoms with Crippen molar-refractivity contribution < 1.29 is 27.5 Å². The Balaban J connectivity index is 3.52. The van der Waals surface area contributed by atoms with Gasteiger partial charge in [-0.05, 0) is 26.0 Å². The van der Waals surface area contributed by atoms with Crippen molar-refractivity contribution in [1.82, 2.24) is 0 Å². The van der Waals surface area contributed by atoms with Crippen molar-refractivity contribution in [2.75, 3.05) is 6.61 Å². The number of ketones is 1. The highest BCUT2D eigenvalue weighted by Crippen LogP contribution is 2.36. The van der Waals surface area contributed by atoms with Crippen LogP contribution in [0.3, 0.4) is 0 Å². The molecular weight excluding hydrogens is 249 g/mol. The van der Waals surface area contributed by atoms with Gasteiger partial charge in [0.05, 0.1) is 17.7 Å². The van der Waals surface area contributed by atoms with Gasteiger partial charge in [0.2, 0.25) is 0 Å². The molecule has 6 heteroatoms. The Morgan fingerprint density at radius 1 is 1.39 bits per heavy atom. The molecule has 0 spiro atoms. The average molecular weight is 260 g/mol. The van der Waals surface area contributed by atoms with Crippen LogP contribution in [-0.4, -0.2) is 18.7 Å². The summed E-state index contributed by atoms with van der Waals surface area (Å²) in [5.74, 6) is -0.932. The second kappa shape index (κ2) is 5.20. The Kier molecular flexibility index (Phi) is 4.11. The predicted octanol–water partition coefficient (Wildman–Crippen LogP) is 3.12. The Bertz CT molecular complexity index is 478. The molecule has 0 aliphatic rings. The molecule has 0 aromatic heterocycles. The minimum Gasteiger partial charge on any atom is -0.493 e. The van der Waals surface area contributed by atoms with Crippen LogP contribution >= 0.6 is 0 Å². The van der Waals surface area contributed by atoms with E-state index in [-0.39, 0.29) is 17.9 Å². The second-order valence-corrected chi connectivity index (χ2v) is 3.54. The molecule has 0 unspecified atom stereocenters. The molecule has 0 saturated heterocycles. The molecule has 1 rings (SSSR count). The van der Waals surface area contributed by atoms with Gasteiger partial charge in [-0.2, -0.15) is 13.2 Å². The molecule has 0 heterocycles. The first kappa shape index (κ1) is 14.2. The van der Waals surface area contributed by atoms with E-state index in [4.69, 9.17) is 4.74 Å². The minimum absolute atomic E-state index is 0.0740. The lowest BCUT2D eigenvalue weighted by Gasteiger charge is -2.14. The SMILES string of the molecule is CCOc1cc(C(F)(F)F)c(C(C)=O)cc1C=O. The van der Waals surface area contributed by atoms with Crippen molar-refractivity contribution in [3.8, 4) is 5.75 Å². The van der Waals surface area contributed by atoms with E-state index >= 15 is 0 Å². The van der Waals surface area contributed by atoms with Crippen LogP contribution < -0.4 is 4.74 Å². The third-order valence-corrected chi connectivity index (χ3v) is 2.26. The number of alkyl halides is 3. The lowest BCUT2D eigenvalue weighted by molar-refractivity contribution is -0.138. The highest BCUT2D eigenvalue weighted by atomic mass is 19.4. The van der Waals surface area contributed by atoms with Gasteiger partial charge < -0.3 is 4.74 Å².